The first-order valence-electron chi connectivity index (χ1n) is 17.1. The molecule has 0 saturated heterocycles. The molecule has 236 valence electrons. The molecule has 6 aliphatic rings. The first kappa shape index (κ1) is 26.5. The molecule has 6 aromatic rings. The van der Waals surface area contributed by atoms with Crippen molar-refractivity contribution in [2.45, 2.75) is 21.7 Å². The standard InChI is InChI=1S/C45H32O4/c1-46-33-21-22-34(47-2)38-37(33)41-25-13-5-7-15-27(25)43-31-19-11-9-17-29(31)42(38)30-18-10-12-20-32(30)44(45(41,42)43,28-16-8-6-14-26(28)41)40-36(49-4)24-23-35(48-3)39(40)43/h5-24H,1-4H3. The number of benzene rings is 6. The molecule has 0 atom stereocenters. The minimum Gasteiger partial charge on any atom is -0.496 e. The SMILES string of the molecule is COc1ccc(OC)c2c1C13c4ccccc4C45c6ccccc6C26c2ccccc2C(c2ccccc21)(c1c(OC)ccc(OC)c14)C536. The van der Waals surface area contributed by atoms with Crippen LogP contribution in [0, 0.1) is 5.41 Å². The lowest BCUT2D eigenvalue weighted by atomic mass is 9.47. The molecule has 49 heavy (non-hydrogen) atoms. The van der Waals surface area contributed by atoms with Gasteiger partial charge in [-0.15, -0.1) is 0 Å². The highest BCUT2D eigenvalue weighted by molar-refractivity contribution is 6.01. The second-order valence-corrected chi connectivity index (χ2v) is 14.4. The molecule has 0 fully saturated rings. The van der Waals surface area contributed by atoms with E-state index >= 15 is 0 Å². The minimum absolute atomic E-state index is 0.588. The number of ether oxygens (including phenoxy) is 4. The highest BCUT2D eigenvalue weighted by Crippen LogP contribution is 3.00. The Kier molecular flexibility index (Phi) is 4.25. The van der Waals surface area contributed by atoms with Crippen molar-refractivity contribution in [3.8, 4) is 23.0 Å². The van der Waals surface area contributed by atoms with Crippen molar-refractivity contribution in [1.29, 1.82) is 0 Å². The molecule has 12 rings (SSSR count). The maximum Gasteiger partial charge on any atom is 0.123 e. The normalized spacial score (nSPS) is 29.6. The molecule has 1 spiro atoms. The van der Waals surface area contributed by atoms with Crippen LogP contribution in [0.15, 0.2) is 121 Å². The van der Waals surface area contributed by atoms with Gasteiger partial charge in [-0.1, -0.05) is 97.1 Å². The van der Waals surface area contributed by atoms with Crippen molar-refractivity contribution >= 4 is 0 Å². The number of methoxy groups -OCH3 is 4. The number of rotatable bonds is 4. The molecule has 0 unspecified atom stereocenters. The third-order valence-electron chi connectivity index (χ3n) is 13.8. The largest absolute Gasteiger partial charge is 0.496 e. The number of fused-ring (bicyclic) bond motifs is 6. The molecule has 6 aliphatic carbocycles. The fraction of sp³-hybridized carbons (Fsp3) is 0.200. The van der Waals surface area contributed by atoms with Gasteiger partial charge in [0, 0.05) is 27.7 Å². The zero-order valence-electron chi connectivity index (χ0n) is 27.7. The molecule has 0 bridgehead atoms. The smallest absolute Gasteiger partial charge is 0.123 e. The molecule has 4 nitrogen and oxygen atoms in total. The molecule has 0 radical (unpaired) electrons. The molecule has 0 N–H and O–H groups in total. The van der Waals surface area contributed by atoms with Gasteiger partial charge in [0.15, 0.2) is 0 Å². The van der Waals surface area contributed by atoms with Crippen LogP contribution >= 0.6 is 0 Å². The average molecular weight is 637 g/mol. The van der Waals surface area contributed by atoms with Gasteiger partial charge in [-0.25, -0.2) is 0 Å². The van der Waals surface area contributed by atoms with Crippen LogP contribution in [-0.2, 0) is 21.7 Å². The monoisotopic (exact) mass is 636 g/mol. The summed E-state index contributed by atoms with van der Waals surface area (Å²) in [5.41, 5.74) is 12.4. The molecule has 0 heterocycles. The van der Waals surface area contributed by atoms with E-state index in [4.69, 9.17) is 18.9 Å². The van der Waals surface area contributed by atoms with Crippen LogP contribution in [0.25, 0.3) is 0 Å². The van der Waals surface area contributed by atoms with E-state index in [0.29, 0.717) is 0 Å². The Balaban J connectivity index is 1.55. The zero-order valence-corrected chi connectivity index (χ0v) is 27.7. The molecule has 0 aliphatic heterocycles. The summed E-state index contributed by atoms with van der Waals surface area (Å²) in [4.78, 5) is 0. The van der Waals surface area contributed by atoms with E-state index in [-0.39, 0.29) is 0 Å². The lowest BCUT2D eigenvalue weighted by molar-refractivity contribution is 0.105. The first-order valence-corrected chi connectivity index (χ1v) is 17.1. The maximum absolute atomic E-state index is 6.53. The van der Waals surface area contributed by atoms with Crippen LogP contribution in [-0.4, -0.2) is 28.4 Å². The third kappa shape index (κ3) is 1.96. The van der Waals surface area contributed by atoms with Crippen molar-refractivity contribution in [1.82, 2.24) is 0 Å². The van der Waals surface area contributed by atoms with Gasteiger partial charge in [-0.3, -0.25) is 0 Å². The van der Waals surface area contributed by atoms with Gasteiger partial charge in [-0.05, 0) is 68.8 Å². The summed E-state index contributed by atoms with van der Waals surface area (Å²) in [6.45, 7) is 0. The average Bonchev–Trinajstić information content (AvgIpc) is 3.87. The summed E-state index contributed by atoms with van der Waals surface area (Å²) < 4.78 is 26.1. The van der Waals surface area contributed by atoms with E-state index < -0.39 is 27.1 Å². The lowest BCUT2D eigenvalue weighted by Crippen LogP contribution is -2.57. The van der Waals surface area contributed by atoms with Crippen LogP contribution in [0.4, 0.5) is 0 Å². The summed E-state index contributed by atoms with van der Waals surface area (Å²) >= 11 is 0. The highest BCUT2D eigenvalue weighted by atomic mass is 16.5. The maximum atomic E-state index is 6.53. The Morgan fingerprint density at radius 3 is 0.633 bits per heavy atom. The van der Waals surface area contributed by atoms with E-state index in [0.717, 1.165) is 23.0 Å². The quantitative estimate of drug-likeness (QED) is 0.196. The molecular weight excluding hydrogens is 604 g/mol. The first-order chi connectivity index (χ1) is 24.2. The highest BCUT2D eigenvalue weighted by Gasteiger charge is 3.00. The Morgan fingerprint density at radius 2 is 0.469 bits per heavy atom. The van der Waals surface area contributed by atoms with Crippen LogP contribution in [0.1, 0.15) is 66.8 Å². The van der Waals surface area contributed by atoms with E-state index in [1.807, 2.05) is 28.4 Å². The van der Waals surface area contributed by atoms with Gasteiger partial charge in [0.1, 0.15) is 23.0 Å². The van der Waals surface area contributed by atoms with Gasteiger partial charge in [0.05, 0.1) is 50.1 Å². The minimum atomic E-state index is -0.636. The second kappa shape index (κ2) is 7.87. The summed E-state index contributed by atoms with van der Waals surface area (Å²) in [6.07, 6.45) is 0. The van der Waals surface area contributed by atoms with Crippen molar-refractivity contribution < 1.29 is 18.9 Å². The van der Waals surface area contributed by atoms with E-state index in [1.165, 1.54) is 66.8 Å². The zero-order chi connectivity index (χ0) is 32.7. The van der Waals surface area contributed by atoms with E-state index in [1.54, 1.807) is 0 Å². The predicted octanol–water partition coefficient (Wildman–Crippen LogP) is 8.03. The Bertz CT molecular complexity index is 2100. The summed E-state index contributed by atoms with van der Waals surface area (Å²) in [5, 5.41) is 0. The van der Waals surface area contributed by atoms with Gasteiger partial charge in [-0.2, -0.15) is 0 Å². The van der Waals surface area contributed by atoms with Gasteiger partial charge < -0.3 is 18.9 Å². The van der Waals surface area contributed by atoms with Gasteiger partial charge >= 0.3 is 0 Å². The van der Waals surface area contributed by atoms with Crippen LogP contribution in [0.3, 0.4) is 0 Å². The fourth-order valence-corrected chi connectivity index (χ4v) is 13.6. The molecular formula is C45H32O4. The third-order valence-corrected chi connectivity index (χ3v) is 13.8. The summed E-state index contributed by atoms with van der Waals surface area (Å²) in [6, 6.07) is 45.6. The molecule has 0 aromatic heterocycles. The topological polar surface area (TPSA) is 36.9 Å². The Labute approximate surface area is 284 Å². The molecule has 4 heteroatoms. The van der Waals surface area contributed by atoms with E-state index in [9.17, 15) is 0 Å². The Hall–Kier alpha value is -5.48. The fourth-order valence-electron chi connectivity index (χ4n) is 13.6. The number of hydrogen-bond acceptors (Lipinski definition) is 4. The molecule has 0 saturated carbocycles. The van der Waals surface area contributed by atoms with Gasteiger partial charge in [0.2, 0.25) is 0 Å². The van der Waals surface area contributed by atoms with Gasteiger partial charge in [0.25, 0.3) is 0 Å². The summed E-state index contributed by atoms with van der Waals surface area (Å²) in [7, 11) is 7.29. The van der Waals surface area contributed by atoms with Crippen LogP contribution in [0.2, 0.25) is 0 Å². The van der Waals surface area contributed by atoms with Crippen LogP contribution in [0.5, 0.6) is 23.0 Å². The molecule has 0 amide bonds. The number of hydrogen-bond donors (Lipinski definition) is 0. The summed E-state index contributed by atoms with van der Waals surface area (Å²) in [5.74, 6) is 3.56. The van der Waals surface area contributed by atoms with Crippen molar-refractivity contribution in [2.24, 2.45) is 5.41 Å². The predicted molar refractivity (Wildman–Crippen MR) is 187 cm³/mol. The molecule has 6 aromatic carbocycles. The lowest BCUT2D eigenvalue weighted by Gasteiger charge is -2.51. The van der Waals surface area contributed by atoms with Crippen molar-refractivity contribution in [3.63, 3.8) is 0 Å². The van der Waals surface area contributed by atoms with Crippen molar-refractivity contribution in [3.05, 3.63) is 188 Å². The second-order valence-electron chi connectivity index (χ2n) is 14.4. The van der Waals surface area contributed by atoms with Crippen LogP contribution < -0.4 is 18.9 Å². The Morgan fingerprint density at radius 1 is 0.286 bits per heavy atom. The van der Waals surface area contributed by atoms with Crippen molar-refractivity contribution in [2.75, 3.05) is 28.4 Å². The van der Waals surface area contributed by atoms with E-state index in [2.05, 4.69) is 121 Å².